The van der Waals surface area contributed by atoms with Gasteiger partial charge in [0.2, 0.25) is 0 Å². The molecule has 1 aromatic carbocycles. The molecule has 0 saturated carbocycles. The van der Waals surface area contributed by atoms with Crippen LogP contribution in [0.2, 0.25) is 0 Å². The summed E-state index contributed by atoms with van der Waals surface area (Å²) >= 11 is 0. The van der Waals surface area contributed by atoms with Gasteiger partial charge in [-0.15, -0.1) is 0 Å². The Morgan fingerprint density at radius 2 is 2.27 bits per heavy atom. The number of ether oxygens (including phenoxy) is 2. The second-order valence-corrected chi connectivity index (χ2v) is 2.88. The zero-order chi connectivity index (χ0) is 11.3. The number of nitriles is 1. The summed E-state index contributed by atoms with van der Waals surface area (Å²) in [5.41, 5.74) is 1.28. The maximum atomic E-state index is 8.89. The van der Waals surface area contributed by atoms with Crippen LogP contribution in [0.4, 0.5) is 0 Å². The van der Waals surface area contributed by atoms with Gasteiger partial charge in [-0.2, -0.15) is 5.26 Å². The number of hydrogen-bond acceptors (Lipinski definition) is 3. The molecule has 1 aromatic rings. The Labute approximate surface area is 89.6 Å². The van der Waals surface area contributed by atoms with Gasteiger partial charge in [0.25, 0.3) is 0 Å². The molecule has 0 radical (unpaired) electrons. The lowest BCUT2D eigenvalue weighted by molar-refractivity contribution is 0.299. The van der Waals surface area contributed by atoms with Gasteiger partial charge in [0, 0.05) is 5.56 Å². The van der Waals surface area contributed by atoms with Gasteiger partial charge in [0.15, 0.2) is 0 Å². The van der Waals surface area contributed by atoms with Crippen molar-refractivity contribution in [2.24, 2.45) is 0 Å². The quantitative estimate of drug-likeness (QED) is 0.706. The Morgan fingerprint density at radius 1 is 1.53 bits per heavy atom. The lowest BCUT2D eigenvalue weighted by Gasteiger charge is -2.08. The van der Waals surface area contributed by atoms with Crippen LogP contribution >= 0.6 is 0 Å². The molecule has 15 heavy (non-hydrogen) atoms. The van der Waals surface area contributed by atoms with Crippen LogP contribution < -0.4 is 4.74 Å². The van der Waals surface area contributed by atoms with E-state index in [1.165, 1.54) is 7.11 Å². The number of benzene rings is 1. The molecule has 0 aliphatic rings. The minimum Gasteiger partial charge on any atom is -0.495 e. The van der Waals surface area contributed by atoms with Crippen molar-refractivity contribution in [1.29, 1.82) is 5.26 Å². The number of nitrogens with zero attached hydrogens (tertiary/aromatic N) is 1. The molecule has 0 heterocycles. The highest BCUT2D eigenvalue weighted by Gasteiger charge is 2.06. The second kappa shape index (κ2) is 5.06. The van der Waals surface area contributed by atoms with Crippen LogP contribution in [0.3, 0.4) is 0 Å². The molecule has 0 saturated heterocycles. The second-order valence-electron chi connectivity index (χ2n) is 2.88. The summed E-state index contributed by atoms with van der Waals surface area (Å²) in [6, 6.07) is 7.32. The van der Waals surface area contributed by atoms with E-state index in [9.17, 15) is 0 Å². The maximum absolute atomic E-state index is 8.89. The van der Waals surface area contributed by atoms with Crippen LogP contribution in [0.5, 0.6) is 5.75 Å². The molecular weight excluding hydrogens is 190 g/mol. The highest BCUT2D eigenvalue weighted by atomic mass is 16.5. The van der Waals surface area contributed by atoms with Crippen LogP contribution in [-0.4, -0.2) is 13.7 Å². The number of rotatable bonds is 4. The first kappa shape index (κ1) is 11.1. The van der Waals surface area contributed by atoms with Crippen LogP contribution in [-0.2, 0) is 4.74 Å². The van der Waals surface area contributed by atoms with E-state index in [0.717, 1.165) is 5.56 Å². The fraction of sp³-hybridized carbons (Fsp3) is 0.250. The zero-order valence-corrected chi connectivity index (χ0v) is 8.91. The fourth-order valence-corrected chi connectivity index (χ4v) is 1.23. The molecule has 0 N–H and O–H groups in total. The first-order valence-corrected chi connectivity index (χ1v) is 4.63. The van der Waals surface area contributed by atoms with Gasteiger partial charge in [0.1, 0.15) is 17.6 Å². The Bertz CT molecular complexity index is 405. The molecule has 0 amide bonds. The molecule has 0 aliphatic carbocycles. The van der Waals surface area contributed by atoms with E-state index >= 15 is 0 Å². The van der Waals surface area contributed by atoms with E-state index in [1.807, 2.05) is 13.0 Å². The molecule has 0 atom stereocenters. The van der Waals surface area contributed by atoms with Crippen molar-refractivity contribution in [3.8, 4) is 11.8 Å². The van der Waals surface area contributed by atoms with Crippen molar-refractivity contribution in [3.05, 3.63) is 35.9 Å². The fourth-order valence-electron chi connectivity index (χ4n) is 1.23. The zero-order valence-electron chi connectivity index (χ0n) is 8.91. The first-order chi connectivity index (χ1) is 7.22. The average Bonchev–Trinajstić information content (AvgIpc) is 2.28. The molecule has 0 aromatic heterocycles. The molecule has 3 nitrogen and oxygen atoms in total. The Balaban J connectivity index is 3.04. The van der Waals surface area contributed by atoms with E-state index in [-0.39, 0.29) is 0 Å². The van der Waals surface area contributed by atoms with Gasteiger partial charge in [-0.1, -0.05) is 6.58 Å². The van der Waals surface area contributed by atoms with Crippen molar-refractivity contribution in [3.63, 3.8) is 0 Å². The minimum absolute atomic E-state index is 0.482. The standard InChI is InChI=1S/C12H13NO2/c1-4-15-9(2)10-5-6-12(14-3)11(7-10)8-13/h5-7H,2,4H2,1,3H3. The van der Waals surface area contributed by atoms with Crippen LogP contribution in [0.1, 0.15) is 18.1 Å². The Kier molecular flexibility index (Phi) is 3.75. The summed E-state index contributed by atoms with van der Waals surface area (Å²) in [4.78, 5) is 0. The smallest absolute Gasteiger partial charge is 0.136 e. The monoisotopic (exact) mass is 203 g/mol. The third-order valence-corrected chi connectivity index (χ3v) is 1.96. The SMILES string of the molecule is C=C(OCC)c1ccc(OC)c(C#N)c1. The Hall–Kier alpha value is -1.95. The van der Waals surface area contributed by atoms with E-state index in [1.54, 1.807) is 12.1 Å². The van der Waals surface area contributed by atoms with Crippen molar-refractivity contribution in [1.82, 2.24) is 0 Å². The average molecular weight is 203 g/mol. The summed E-state index contributed by atoms with van der Waals surface area (Å²) in [7, 11) is 1.53. The minimum atomic E-state index is 0.482. The first-order valence-electron chi connectivity index (χ1n) is 4.63. The van der Waals surface area contributed by atoms with Crippen LogP contribution in [0.25, 0.3) is 5.76 Å². The summed E-state index contributed by atoms with van der Waals surface area (Å²) in [5, 5.41) is 8.89. The molecule has 0 unspecified atom stereocenters. The summed E-state index contributed by atoms with van der Waals surface area (Å²) in [5.74, 6) is 1.13. The molecule has 78 valence electrons. The number of methoxy groups -OCH3 is 1. The van der Waals surface area contributed by atoms with E-state index in [4.69, 9.17) is 14.7 Å². The lowest BCUT2D eigenvalue weighted by atomic mass is 10.1. The van der Waals surface area contributed by atoms with Gasteiger partial charge in [0.05, 0.1) is 19.3 Å². The molecule has 0 aliphatic heterocycles. The maximum Gasteiger partial charge on any atom is 0.136 e. The molecular formula is C12H13NO2. The highest BCUT2D eigenvalue weighted by molar-refractivity contribution is 5.61. The van der Waals surface area contributed by atoms with Gasteiger partial charge in [-0.05, 0) is 25.1 Å². The lowest BCUT2D eigenvalue weighted by Crippen LogP contribution is -1.93. The van der Waals surface area contributed by atoms with E-state index < -0.39 is 0 Å². The third-order valence-electron chi connectivity index (χ3n) is 1.96. The molecule has 3 heteroatoms. The van der Waals surface area contributed by atoms with Crippen molar-refractivity contribution < 1.29 is 9.47 Å². The summed E-state index contributed by atoms with van der Waals surface area (Å²) in [6.45, 7) is 6.22. The molecule has 0 bridgehead atoms. The van der Waals surface area contributed by atoms with Gasteiger partial charge in [-0.25, -0.2) is 0 Å². The van der Waals surface area contributed by atoms with E-state index in [0.29, 0.717) is 23.7 Å². The summed E-state index contributed by atoms with van der Waals surface area (Å²) in [6.07, 6.45) is 0. The number of hydrogen-bond donors (Lipinski definition) is 0. The van der Waals surface area contributed by atoms with Gasteiger partial charge < -0.3 is 9.47 Å². The third kappa shape index (κ3) is 2.50. The van der Waals surface area contributed by atoms with Gasteiger partial charge in [-0.3, -0.25) is 0 Å². The largest absolute Gasteiger partial charge is 0.495 e. The predicted octanol–water partition coefficient (Wildman–Crippen LogP) is 2.57. The van der Waals surface area contributed by atoms with Crippen molar-refractivity contribution >= 4 is 5.76 Å². The Morgan fingerprint density at radius 3 is 2.80 bits per heavy atom. The summed E-state index contributed by atoms with van der Waals surface area (Å²) < 4.78 is 10.3. The van der Waals surface area contributed by atoms with E-state index in [2.05, 4.69) is 12.6 Å². The highest BCUT2D eigenvalue weighted by Crippen LogP contribution is 2.22. The molecule has 0 spiro atoms. The topological polar surface area (TPSA) is 42.2 Å². The van der Waals surface area contributed by atoms with Crippen molar-refractivity contribution in [2.45, 2.75) is 6.92 Å². The van der Waals surface area contributed by atoms with Gasteiger partial charge >= 0.3 is 0 Å². The van der Waals surface area contributed by atoms with Crippen LogP contribution in [0, 0.1) is 11.3 Å². The van der Waals surface area contributed by atoms with Crippen molar-refractivity contribution in [2.75, 3.05) is 13.7 Å². The predicted molar refractivity (Wildman–Crippen MR) is 58.4 cm³/mol. The van der Waals surface area contributed by atoms with Crippen LogP contribution in [0.15, 0.2) is 24.8 Å². The molecule has 0 fully saturated rings. The molecule has 1 rings (SSSR count). The normalized spacial score (nSPS) is 9.13.